The van der Waals surface area contributed by atoms with Gasteiger partial charge in [-0.2, -0.15) is 0 Å². The van der Waals surface area contributed by atoms with Crippen LogP contribution in [0.5, 0.6) is 0 Å². The number of benzene rings is 2. The molecule has 22 heavy (non-hydrogen) atoms. The summed E-state index contributed by atoms with van der Waals surface area (Å²) in [6.07, 6.45) is 3.79. The smallest absolute Gasteiger partial charge is 0.233 e. The minimum absolute atomic E-state index is 0.0875. The highest BCUT2D eigenvalue weighted by Gasteiger charge is 2.18. The number of hydrogen-bond acceptors (Lipinski definition) is 2. The number of nitrogens with one attached hydrogen (secondary N) is 2. The number of H-pyrrole nitrogens is 1. The highest BCUT2D eigenvalue weighted by molar-refractivity contribution is 5.98. The molecule has 4 nitrogen and oxygen atoms in total. The Balaban J connectivity index is 1.82. The lowest BCUT2D eigenvalue weighted by atomic mass is 9.98. The molecule has 0 saturated carbocycles. The van der Waals surface area contributed by atoms with E-state index in [1.165, 1.54) is 0 Å². The maximum absolute atomic E-state index is 12.5. The molecule has 1 atom stereocenters. The Morgan fingerprint density at radius 2 is 1.91 bits per heavy atom. The standard InChI is InChI=1S/C18H17N3O/c19-11-17(13-4-2-1-3-5-13)18(22)21-16-7-6-15-12-20-9-8-14(15)10-16/h1-10,12,17H,11,19H2,(H,21,22)/p+1/t17-/m0/s1. The van der Waals surface area contributed by atoms with Crippen molar-refractivity contribution in [2.45, 2.75) is 5.92 Å². The number of anilines is 1. The lowest BCUT2D eigenvalue weighted by Crippen LogP contribution is -2.27. The molecule has 4 heteroatoms. The molecule has 0 spiro atoms. The van der Waals surface area contributed by atoms with Crippen LogP contribution in [0.3, 0.4) is 0 Å². The first-order valence-electron chi connectivity index (χ1n) is 7.23. The van der Waals surface area contributed by atoms with Crippen molar-refractivity contribution in [3.05, 3.63) is 72.6 Å². The van der Waals surface area contributed by atoms with Crippen molar-refractivity contribution in [2.75, 3.05) is 11.9 Å². The first-order chi connectivity index (χ1) is 10.8. The van der Waals surface area contributed by atoms with Gasteiger partial charge in [0.05, 0.1) is 5.92 Å². The van der Waals surface area contributed by atoms with E-state index in [-0.39, 0.29) is 18.4 Å². The fourth-order valence-corrected chi connectivity index (χ4v) is 2.51. The fourth-order valence-electron chi connectivity index (χ4n) is 2.51. The maximum Gasteiger partial charge on any atom is 0.233 e. The summed E-state index contributed by atoms with van der Waals surface area (Å²) in [7, 11) is 0. The van der Waals surface area contributed by atoms with Gasteiger partial charge in [-0.3, -0.25) is 4.79 Å². The van der Waals surface area contributed by atoms with E-state index < -0.39 is 0 Å². The number of fused-ring (bicyclic) bond motifs is 1. The highest BCUT2D eigenvalue weighted by Crippen LogP contribution is 2.20. The van der Waals surface area contributed by atoms with Gasteiger partial charge in [0.25, 0.3) is 0 Å². The van der Waals surface area contributed by atoms with Crippen molar-refractivity contribution in [1.82, 2.24) is 0 Å². The molecule has 1 amide bonds. The molecule has 0 aliphatic heterocycles. The quantitative estimate of drug-likeness (QED) is 0.775. The molecule has 1 aromatic heterocycles. The summed E-state index contributed by atoms with van der Waals surface area (Å²) in [5, 5.41) is 5.12. The van der Waals surface area contributed by atoms with Gasteiger partial charge >= 0.3 is 0 Å². The van der Waals surface area contributed by atoms with Crippen molar-refractivity contribution in [3.8, 4) is 0 Å². The van der Waals surface area contributed by atoms with Gasteiger partial charge in [-0.1, -0.05) is 30.3 Å². The van der Waals surface area contributed by atoms with Crippen LogP contribution in [0.2, 0.25) is 0 Å². The van der Waals surface area contributed by atoms with E-state index >= 15 is 0 Å². The molecule has 4 N–H and O–H groups in total. The highest BCUT2D eigenvalue weighted by atomic mass is 16.1. The molecule has 0 saturated heterocycles. The first-order valence-corrected chi connectivity index (χ1v) is 7.23. The minimum atomic E-state index is -0.346. The third kappa shape index (κ3) is 2.97. The van der Waals surface area contributed by atoms with Crippen molar-refractivity contribution in [1.29, 1.82) is 0 Å². The van der Waals surface area contributed by atoms with E-state index in [1.807, 2.05) is 67.0 Å². The van der Waals surface area contributed by atoms with Gasteiger partial charge in [0.15, 0.2) is 12.4 Å². The molecule has 0 unspecified atom stereocenters. The summed E-state index contributed by atoms with van der Waals surface area (Å²) in [6.45, 7) is 0.276. The predicted molar refractivity (Wildman–Crippen MR) is 87.4 cm³/mol. The van der Waals surface area contributed by atoms with E-state index in [0.717, 1.165) is 22.0 Å². The van der Waals surface area contributed by atoms with Gasteiger partial charge in [0, 0.05) is 23.7 Å². The Morgan fingerprint density at radius 1 is 1.09 bits per heavy atom. The zero-order valence-electron chi connectivity index (χ0n) is 12.1. The van der Waals surface area contributed by atoms with Crippen LogP contribution in [-0.4, -0.2) is 12.5 Å². The summed E-state index contributed by atoms with van der Waals surface area (Å²) in [5.74, 6) is -0.434. The lowest BCUT2D eigenvalue weighted by Gasteiger charge is -2.15. The number of amides is 1. The fraction of sp³-hybridized carbons (Fsp3) is 0.111. The maximum atomic E-state index is 12.5. The predicted octanol–water partition coefficient (Wildman–Crippen LogP) is 2.33. The second-order valence-corrected chi connectivity index (χ2v) is 5.18. The van der Waals surface area contributed by atoms with Crippen molar-refractivity contribution < 1.29 is 9.78 Å². The van der Waals surface area contributed by atoms with E-state index in [1.54, 1.807) is 0 Å². The van der Waals surface area contributed by atoms with E-state index in [9.17, 15) is 4.79 Å². The average molecular weight is 292 g/mol. The molecule has 0 aliphatic rings. The zero-order valence-corrected chi connectivity index (χ0v) is 12.1. The Labute approximate surface area is 129 Å². The molecule has 0 fully saturated rings. The van der Waals surface area contributed by atoms with Gasteiger partial charge in [-0.05, 0) is 29.1 Å². The number of rotatable bonds is 4. The largest absolute Gasteiger partial charge is 0.329 e. The Hall–Kier alpha value is -2.72. The van der Waals surface area contributed by atoms with Crippen molar-refractivity contribution in [3.63, 3.8) is 0 Å². The molecule has 110 valence electrons. The summed E-state index contributed by atoms with van der Waals surface area (Å²) < 4.78 is 0. The third-order valence-electron chi connectivity index (χ3n) is 3.71. The average Bonchev–Trinajstić information content (AvgIpc) is 2.56. The Bertz CT molecular complexity index is 786. The molecule has 3 aromatic rings. The van der Waals surface area contributed by atoms with Gasteiger partial charge in [-0.15, -0.1) is 0 Å². The molecule has 2 aromatic carbocycles. The van der Waals surface area contributed by atoms with Crippen LogP contribution >= 0.6 is 0 Å². The number of hydrogen-bond donors (Lipinski definition) is 2. The molecule has 0 radical (unpaired) electrons. The number of nitrogens with two attached hydrogens (primary N) is 1. The normalized spacial score (nSPS) is 12.0. The van der Waals surface area contributed by atoms with Crippen molar-refractivity contribution in [2.24, 2.45) is 5.73 Å². The number of aromatic nitrogens is 1. The van der Waals surface area contributed by atoms with Crippen LogP contribution in [-0.2, 0) is 4.79 Å². The van der Waals surface area contributed by atoms with Gasteiger partial charge in [-0.25, -0.2) is 4.98 Å². The SMILES string of the molecule is NC[C@H](C(=O)Nc1ccc2c[nH+]ccc2c1)c1ccccc1. The molecule has 0 aliphatic carbocycles. The van der Waals surface area contributed by atoms with Gasteiger partial charge in [0.2, 0.25) is 5.91 Å². The first kappa shape index (κ1) is 14.2. The molecular weight excluding hydrogens is 274 g/mol. The van der Waals surface area contributed by atoms with Crippen LogP contribution in [0.25, 0.3) is 10.8 Å². The topological polar surface area (TPSA) is 69.3 Å². The Kier molecular flexibility index (Phi) is 4.12. The second-order valence-electron chi connectivity index (χ2n) is 5.18. The monoisotopic (exact) mass is 292 g/mol. The summed E-state index contributed by atoms with van der Waals surface area (Å²) in [6, 6.07) is 17.4. The van der Waals surface area contributed by atoms with Crippen LogP contribution < -0.4 is 16.0 Å². The van der Waals surface area contributed by atoms with E-state index in [4.69, 9.17) is 5.73 Å². The number of aromatic amines is 1. The van der Waals surface area contributed by atoms with Crippen LogP contribution in [0.1, 0.15) is 11.5 Å². The number of carbonyl (C=O) groups is 1. The van der Waals surface area contributed by atoms with Crippen LogP contribution in [0.15, 0.2) is 67.0 Å². The van der Waals surface area contributed by atoms with E-state index in [0.29, 0.717) is 0 Å². The van der Waals surface area contributed by atoms with Gasteiger partial charge < -0.3 is 11.1 Å². The molecule has 1 heterocycles. The second kappa shape index (κ2) is 6.37. The molecule has 0 bridgehead atoms. The summed E-state index contributed by atoms with van der Waals surface area (Å²) in [5.41, 5.74) is 7.49. The number of carbonyl (C=O) groups excluding carboxylic acids is 1. The van der Waals surface area contributed by atoms with Gasteiger partial charge in [0.1, 0.15) is 0 Å². The summed E-state index contributed by atoms with van der Waals surface area (Å²) >= 11 is 0. The van der Waals surface area contributed by atoms with Crippen LogP contribution in [0, 0.1) is 0 Å². The third-order valence-corrected chi connectivity index (χ3v) is 3.71. The molecular formula is C18H18N3O+. The Morgan fingerprint density at radius 3 is 2.68 bits per heavy atom. The van der Waals surface area contributed by atoms with Crippen molar-refractivity contribution >= 4 is 22.4 Å². The summed E-state index contributed by atoms with van der Waals surface area (Å²) in [4.78, 5) is 15.5. The number of pyridine rings is 1. The molecule has 3 rings (SSSR count). The van der Waals surface area contributed by atoms with E-state index in [2.05, 4.69) is 10.3 Å². The van der Waals surface area contributed by atoms with Crippen LogP contribution in [0.4, 0.5) is 5.69 Å². The zero-order chi connectivity index (χ0) is 15.4. The lowest BCUT2D eigenvalue weighted by molar-refractivity contribution is -0.375. The minimum Gasteiger partial charge on any atom is -0.329 e.